The van der Waals surface area contributed by atoms with Crippen molar-refractivity contribution < 1.29 is 9.47 Å². The van der Waals surface area contributed by atoms with E-state index in [-0.39, 0.29) is 0 Å². The highest BCUT2D eigenvalue weighted by atomic mass is 16.5. The van der Waals surface area contributed by atoms with E-state index in [1.54, 1.807) is 7.11 Å². The van der Waals surface area contributed by atoms with Crippen LogP contribution in [0.25, 0.3) is 0 Å². The molecule has 0 heterocycles. The average Bonchev–Trinajstić information content (AvgIpc) is 2.49. The Kier molecular flexibility index (Phi) is 5.59. The molecule has 20 heavy (non-hydrogen) atoms. The molecule has 0 aliphatic carbocycles. The molecule has 3 heteroatoms. The van der Waals surface area contributed by atoms with Gasteiger partial charge in [-0.25, -0.2) is 0 Å². The molecule has 0 radical (unpaired) electrons. The predicted molar refractivity (Wildman–Crippen MR) is 81.3 cm³/mol. The molecule has 0 aliphatic rings. The molecule has 106 valence electrons. The molecule has 0 aromatic heterocycles. The van der Waals surface area contributed by atoms with Crippen molar-refractivity contribution in [2.24, 2.45) is 5.73 Å². The minimum Gasteiger partial charge on any atom is -0.457 e. The molecule has 0 aliphatic heterocycles. The molecular weight excluding hydrogens is 250 g/mol. The van der Waals surface area contributed by atoms with Crippen molar-refractivity contribution in [3.8, 4) is 11.5 Å². The summed E-state index contributed by atoms with van der Waals surface area (Å²) in [7, 11) is 1.71. The third-order valence-corrected chi connectivity index (χ3v) is 3.11. The Morgan fingerprint density at radius 2 is 1.30 bits per heavy atom. The van der Waals surface area contributed by atoms with Gasteiger partial charge in [-0.05, 0) is 54.8 Å². The Hall–Kier alpha value is -1.84. The highest BCUT2D eigenvalue weighted by molar-refractivity contribution is 5.34. The van der Waals surface area contributed by atoms with E-state index in [4.69, 9.17) is 15.2 Å². The number of benzene rings is 2. The first-order valence-corrected chi connectivity index (χ1v) is 6.86. The van der Waals surface area contributed by atoms with E-state index in [0.717, 1.165) is 30.9 Å². The lowest BCUT2D eigenvalue weighted by atomic mass is 10.1. The van der Waals surface area contributed by atoms with Crippen LogP contribution in [0.2, 0.25) is 0 Å². The Morgan fingerprint density at radius 1 is 0.800 bits per heavy atom. The molecule has 2 N–H and O–H groups in total. The largest absolute Gasteiger partial charge is 0.457 e. The highest BCUT2D eigenvalue weighted by Gasteiger charge is 1.99. The van der Waals surface area contributed by atoms with Crippen LogP contribution in [-0.2, 0) is 17.6 Å². The summed E-state index contributed by atoms with van der Waals surface area (Å²) in [5.74, 6) is 1.69. The van der Waals surface area contributed by atoms with Crippen LogP contribution >= 0.6 is 0 Å². The van der Waals surface area contributed by atoms with Crippen molar-refractivity contribution in [1.29, 1.82) is 0 Å². The molecule has 0 bridgehead atoms. The summed E-state index contributed by atoms with van der Waals surface area (Å²) in [6.07, 6.45) is 1.82. The van der Waals surface area contributed by atoms with Crippen LogP contribution in [0, 0.1) is 0 Å². The Balaban J connectivity index is 1.95. The molecule has 3 nitrogen and oxygen atoms in total. The van der Waals surface area contributed by atoms with Crippen molar-refractivity contribution in [3.05, 3.63) is 59.7 Å². The lowest BCUT2D eigenvalue weighted by Crippen LogP contribution is -2.02. The molecule has 0 atom stereocenters. The van der Waals surface area contributed by atoms with Crippen molar-refractivity contribution in [2.45, 2.75) is 12.8 Å². The minimum atomic E-state index is 0.670. The van der Waals surface area contributed by atoms with Crippen molar-refractivity contribution in [3.63, 3.8) is 0 Å². The van der Waals surface area contributed by atoms with Crippen LogP contribution < -0.4 is 10.5 Å². The van der Waals surface area contributed by atoms with Gasteiger partial charge in [0.2, 0.25) is 0 Å². The van der Waals surface area contributed by atoms with Crippen molar-refractivity contribution in [2.75, 3.05) is 20.3 Å². The van der Waals surface area contributed by atoms with E-state index in [1.807, 2.05) is 24.3 Å². The third kappa shape index (κ3) is 4.37. The van der Waals surface area contributed by atoms with Crippen molar-refractivity contribution in [1.82, 2.24) is 0 Å². The number of hydrogen-bond acceptors (Lipinski definition) is 3. The molecule has 0 saturated carbocycles. The fourth-order valence-electron chi connectivity index (χ4n) is 1.97. The van der Waals surface area contributed by atoms with Gasteiger partial charge in [0.15, 0.2) is 0 Å². The van der Waals surface area contributed by atoms with Crippen LogP contribution in [0.15, 0.2) is 48.5 Å². The highest BCUT2D eigenvalue weighted by Crippen LogP contribution is 2.22. The summed E-state index contributed by atoms with van der Waals surface area (Å²) in [4.78, 5) is 0. The molecule has 0 spiro atoms. The average molecular weight is 271 g/mol. The summed E-state index contributed by atoms with van der Waals surface area (Å²) < 4.78 is 10.9. The van der Waals surface area contributed by atoms with E-state index in [1.165, 1.54) is 11.1 Å². The van der Waals surface area contributed by atoms with Crippen LogP contribution in [0.1, 0.15) is 11.1 Å². The number of nitrogens with two attached hydrogens (primary N) is 1. The lowest BCUT2D eigenvalue weighted by molar-refractivity contribution is 0.202. The number of hydrogen-bond donors (Lipinski definition) is 1. The summed E-state index contributed by atoms with van der Waals surface area (Å²) in [6, 6.07) is 16.2. The van der Waals surface area contributed by atoms with E-state index in [2.05, 4.69) is 24.3 Å². The quantitative estimate of drug-likeness (QED) is 0.841. The van der Waals surface area contributed by atoms with Gasteiger partial charge in [-0.3, -0.25) is 0 Å². The monoisotopic (exact) mass is 271 g/mol. The Bertz CT molecular complexity index is 506. The van der Waals surface area contributed by atoms with E-state index in [9.17, 15) is 0 Å². The van der Waals surface area contributed by atoms with Gasteiger partial charge in [0.1, 0.15) is 11.5 Å². The molecule has 0 saturated heterocycles. The fraction of sp³-hybridized carbons (Fsp3) is 0.294. The van der Waals surface area contributed by atoms with Gasteiger partial charge in [-0.2, -0.15) is 0 Å². The van der Waals surface area contributed by atoms with E-state index in [0.29, 0.717) is 6.54 Å². The Labute approximate surface area is 120 Å². The summed E-state index contributed by atoms with van der Waals surface area (Å²) in [5, 5.41) is 0. The molecule has 2 aromatic carbocycles. The van der Waals surface area contributed by atoms with Crippen LogP contribution in [0.4, 0.5) is 0 Å². The van der Waals surface area contributed by atoms with Crippen LogP contribution in [-0.4, -0.2) is 20.3 Å². The first-order chi connectivity index (χ1) is 9.81. The number of methoxy groups -OCH3 is 1. The fourth-order valence-corrected chi connectivity index (χ4v) is 1.97. The van der Waals surface area contributed by atoms with Crippen molar-refractivity contribution >= 4 is 0 Å². The standard InChI is InChI=1S/C17H21NO2/c1-19-13-11-15-4-8-17(9-5-15)20-16-6-2-14(3-7-16)10-12-18/h2-9H,10-13,18H2,1H3. The maximum Gasteiger partial charge on any atom is 0.127 e. The van der Waals surface area contributed by atoms with Gasteiger partial charge in [-0.1, -0.05) is 24.3 Å². The molecule has 0 unspecified atom stereocenters. The SMILES string of the molecule is COCCc1ccc(Oc2ccc(CCN)cc2)cc1. The molecule has 0 amide bonds. The van der Waals surface area contributed by atoms with Gasteiger partial charge in [0, 0.05) is 7.11 Å². The number of rotatable bonds is 7. The van der Waals surface area contributed by atoms with Crippen LogP contribution in [0.3, 0.4) is 0 Å². The first kappa shape index (κ1) is 14.6. The van der Waals surface area contributed by atoms with Crippen LogP contribution in [0.5, 0.6) is 11.5 Å². The maximum atomic E-state index is 5.81. The van der Waals surface area contributed by atoms with Gasteiger partial charge in [0.05, 0.1) is 6.61 Å². The third-order valence-electron chi connectivity index (χ3n) is 3.11. The molecule has 2 rings (SSSR count). The smallest absolute Gasteiger partial charge is 0.127 e. The molecule has 0 fully saturated rings. The molecule has 2 aromatic rings. The first-order valence-electron chi connectivity index (χ1n) is 6.86. The number of ether oxygens (including phenoxy) is 2. The summed E-state index contributed by atoms with van der Waals surface area (Å²) in [5.41, 5.74) is 8.01. The van der Waals surface area contributed by atoms with E-state index >= 15 is 0 Å². The predicted octanol–water partition coefficient (Wildman–Crippen LogP) is 3.17. The van der Waals surface area contributed by atoms with E-state index < -0.39 is 0 Å². The zero-order chi connectivity index (χ0) is 14.2. The normalized spacial score (nSPS) is 10.5. The van der Waals surface area contributed by atoms with Gasteiger partial charge in [-0.15, -0.1) is 0 Å². The molecular formula is C17H21NO2. The van der Waals surface area contributed by atoms with Gasteiger partial charge in [0.25, 0.3) is 0 Å². The second kappa shape index (κ2) is 7.68. The summed E-state index contributed by atoms with van der Waals surface area (Å²) in [6.45, 7) is 1.41. The zero-order valence-corrected chi connectivity index (χ0v) is 11.8. The minimum absolute atomic E-state index is 0.670. The van der Waals surface area contributed by atoms with Gasteiger partial charge >= 0.3 is 0 Å². The second-order valence-electron chi connectivity index (χ2n) is 4.67. The second-order valence-corrected chi connectivity index (χ2v) is 4.67. The lowest BCUT2D eigenvalue weighted by Gasteiger charge is -2.07. The summed E-state index contributed by atoms with van der Waals surface area (Å²) >= 11 is 0. The topological polar surface area (TPSA) is 44.5 Å². The zero-order valence-electron chi connectivity index (χ0n) is 11.8. The maximum absolute atomic E-state index is 5.81. The van der Waals surface area contributed by atoms with Gasteiger partial charge < -0.3 is 15.2 Å². The Morgan fingerprint density at radius 3 is 1.75 bits per heavy atom.